The fourth-order valence-electron chi connectivity index (χ4n) is 2.59. The Hall–Kier alpha value is -2.55. The molecule has 0 bridgehead atoms. The van der Waals surface area contributed by atoms with E-state index in [0.29, 0.717) is 0 Å². The molecule has 3 heteroatoms. The highest BCUT2D eigenvalue weighted by Gasteiger charge is 2.06. The molecule has 22 heavy (non-hydrogen) atoms. The summed E-state index contributed by atoms with van der Waals surface area (Å²) in [6.45, 7) is 6.29. The van der Waals surface area contributed by atoms with E-state index in [0.717, 1.165) is 22.7 Å². The lowest BCUT2D eigenvalue weighted by Gasteiger charge is -2.07. The molecule has 0 fully saturated rings. The average molecular weight is 291 g/mol. The molecule has 0 saturated heterocycles. The minimum atomic E-state index is 0.921. The number of benzene rings is 2. The van der Waals surface area contributed by atoms with Crippen molar-refractivity contribution in [3.05, 3.63) is 77.2 Å². The topological polar surface area (TPSA) is 22.2 Å². The Morgan fingerprint density at radius 3 is 1.91 bits per heavy atom. The molecule has 0 amide bonds. The lowest BCUT2D eigenvalue weighted by atomic mass is 10.2. The van der Waals surface area contributed by atoms with Crippen LogP contribution in [0.4, 0.5) is 5.69 Å². The van der Waals surface area contributed by atoms with Crippen molar-refractivity contribution in [2.24, 2.45) is 12.0 Å². The molecule has 3 nitrogen and oxygen atoms in total. The first-order valence-electron chi connectivity index (χ1n) is 7.48. The largest absolute Gasteiger partial charge is 0.320 e. The molecule has 0 radical (unpaired) electrons. The van der Waals surface area contributed by atoms with Crippen LogP contribution >= 0.6 is 0 Å². The summed E-state index contributed by atoms with van der Waals surface area (Å²) >= 11 is 0. The van der Waals surface area contributed by atoms with Gasteiger partial charge in [0.25, 0.3) is 0 Å². The number of rotatable bonds is 2. The summed E-state index contributed by atoms with van der Waals surface area (Å²) < 4.78 is 4.24. The SMILES string of the molecule is Cc1ccc(N=c2n(C)cc(C)n2-c2ccc(C)cc2)cc1. The molecule has 0 aliphatic carbocycles. The summed E-state index contributed by atoms with van der Waals surface area (Å²) in [5.41, 5.74) is 6.69. The summed E-state index contributed by atoms with van der Waals surface area (Å²) in [6, 6.07) is 16.8. The standard InChI is InChI=1S/C19H21N3/c1-14-5-9-17(10-6-14)20-19-21(4)13-16(3)22(19)18-11-7-15(2)8-12-18/h5-13H,1-4H3. The Balaban J connectivity index is 2.19. The maximum Gasteiger partial charge on any atom is 0.214 e. The van der Waals surface area contributed by atoms with Crippen molar-refractivity contribution in [2.45, 2.75) is 20.8 Å². The average Bonchev–Trinajstić information content (AvgIpc) is 2.77. The summed E-state index contributed by atoms with van der Waals surface area (Å²) in [5, 5.41) is 0. The highest BCUT2D eigenvalue weighted by molar-refractivity contribution is 5.40. The first kappa shape index (κ1) is 14.4. The summed E-state index contributed by atoms with van der Waals surface area (Å²) in [7, 11) is 2.03. The highest BCUT2D eigenvalue weighted by atomic mass is 15.2. The maximum absolute atomic E-state index is 4.83. The third kappa shape index (κ3) is 2.75. The molecular formula is C19H21N3. The van der Waals surface area contributed by atoms with Gasteiger partial charge >= 0.3 is 0 Å². The normalized spacial score (nSPS) is 11.9. The van der Waals surface area contributed by atoms with E-state index >= 15 is 0 Å². The molecule has 112 valence electrons. The molecule has 1 aromatic heterocycles. The van der Waals surface area contributed by atoms with Gasteiger partial charge in [-0.3, -0.25) is 4.57 Å². The minimum absolute atomic E-state index is 0.921. The Morgan fingerprint density at radius 1 is 0.773 bits per heavy atom. The van der Waals surface area contributed by atoms with Crippen molar-refractivity contribution < 1.29 is 0 Å². The van der Waals surface area contributed by atoms with Crippen molar-refractivity contribution in [2.75, 3.05) is 0 Å². The second kappa shape index (κ2) is 5.68. The molecule has 0 N–H and O–H groups in total. The van der Waals surface area contributed by atoms with Gasteiger partial charge in [0.15, 0.2) is 0 Å². The van der Waals surface area contributed by atoms with Gasteiger partial charge in [-0.05, 0) is 45.0 Å². The van der Waals surface area contributed by atoms with Gasteiger partial charge in [0, 0.05) is 24.6 Å². The van der Waals surface area contributed by atoms with E-state index < -0.39 is 0 Å². The quantitative estimate of drug-likeness (QED) is 0.681. The van der Waals surface area contributed by atoms with Crippen molar-refractivity contribution >= 4 is 5.69 Å². The molecule has 0 unspecified atom stereocenters. The van der Waals surface area contributed by atoms with Gasteiger partial charge in [-0.2, -0.15) is 0 Å². The van der Waals surface area contributed by atoms with E-state index in [4.69, 9.17) is 4.99 Å². The van der Waals surface area contributed by atoms with E-state index in [2.05, 4.69) is 84.6 Å². The number of aromatic nitrogens is 2. The van der Waals surface area contributed by atoms with Crippen molar-refractivity contribution in [3.63, 3.8) is 0 Å². The zero-order valence-electron chi connectivity index (χ0n) is 13.5. The lowest BCUT2D eigenvalue weighted by molar-refractivity contribution is 0.788. The van der Waals surface area contributed by atoms with E-state index in [9.17, 15) is 0 Å². The third-order valence-electron chi connectivity index (χ3n) is 3.80. The first-order valence-corrected chi connectivity index (χ1v) is 7.48. The van der Waals surface area contributed by atoms with E-state index in [1.54, 1.807) is 0 Å². The fraction of sp³-hybridized carbons (Fsp3) is 0.211. The second-order valence-corrected chi connectivity index (χ2v) is 5.80. The zero-order valence-corrected chi connectivity index (χ0v) is 13.5. The summed E-state index contributed by atoms with van der Waals surface area (Å²) in [4.78, 5) is 4.83. The molecule has 0 aliphatic heterocycles. The number of imidazole rings is 1. The number of aryl methyl sites for hydroxylation is 4. The fourth-order valence-corrected chi connectivity index (χ4v) is 2.59. The van der Waals surface area contributed by atoms with Crippen LogP contribution in [0.15, 0.2) is 59.7 Å². The minimum Gasteiger partial charge on any atom is -0.320 e. The Morgan fingerprint density at radius 2 is 1.32 bits per heavy atom. The first-order chi connectivity index (χ1) is 10.5. The smallest absolute Gasteiger partial charge is 0.214 e. The van der Waals surface area contributed by atoms with Gasteiger partial charge in [0.05, 0.1) is 5.69 Å². The van der Waals surface area contributed by atoms with Crippen molar-refractivity contribution in [1.82, 2.24) is 9.13 Å². The number of hydrogen-bond donors (Lipinski definition) is 0. The Bertz CT molecular complexity index is 847. The van der Waals surface area contributed by atoms with Crippen molar-refractivity contribution in [3.8, 4) is 5.69 Å². The molecule has 0 aliphatic rings. The van der Waals surface area contributed by atoms with Gasteiger partial charge in [0.1, 0.15) is 0 Å². The Kier molecular flexibility index (Phi) is 3.72. The maximum atomic E-state index is 4.83. The zero-order chi connectivity index (χ0) is 15.7. The van der Waals surface area contributed by atoms with E-state index in [1.807, 2.05) is 7.05 Å². The molecule has 0 atom stereocenters. The monoisotopic (exact) mass is 291 g/mol. The molecule has 2 aromatic carbocycles. The van der Waals surface area contributed by atoms with Crippen molar-refractivity contribution in [1.29, 1.82) is 0 Å². The van der Waals surface area contributed by atoms with Gasteiger partial charge in [-0.25, -0.2) is 4.99 Å². The van der Waals surface area contributed by atoms with Crippen LogP contribution < -0.4 is 5.62 Å². The van der Waals surface area contributed by atoms with Gasteiger partial charge in [-0.15, -0.1) is 0 Å². The molecule has 1 heterocycles. The molecule has 0 saturated carbocycles. The molecule has 0 spiro atoms. The molecular weight excluding hydrogens is 270 g/mol. The molecule has 3 aromatic rings. The van der Waals surface area contributed by atoms with Crippen LogP contribution in [0.3, 0.4) is 0 Å². The van der Waals surface area contributed by atoms with Crippen LogP contribution in [-0.2, 0) is 7.05 Å². The van der Waals surface area contributed by atoms with Crippen LogP contribution in [0, 0.1) is 20.8 Å². The van der Waals surface area contributed by atoms with Crippen LogP contribution in [0.2, 0.25) is 0 Å². The number of hydrogen-bond acceptors (Lipinski definition) is 1. The van der Waals surface area contributed by atoms with Gasteiger partial charge in [0.2, 0.25) is 5.62 Å². The summed E-state index contributed by atoms with van der Waals surface area (Å²) in [6.07, 6.45) is 2.10. The predicted molar refractivity (Wildman–Crippen MR) is 90.6 cm³/mol. The van der Waals surface area contributed by atoms with Crippen LogP contribution in [-0.4, -0.2) is 9.13 Å². The number of nitrogens with zero attached hydrogens (tertiary/aromatic N) is 3. The predicted octanol–water partition coefficient (Wildman–Crippen LogP) is 3.97. The van der Waals surface area contributed by atoms with E-state index in [1.165, 1.54) is 11.1 Å². The van der Waals surface area contributed by atoms with Crippen LogP contribution in [0.5, 0.6) is 0 Å². The highest BCUT2D eigenvalue weighted by Crippen LogP contribution is 2.14. The Labute approximate surface area is 131 Å². The lowest BCUT2D eigenvalue weighted by Crippen LogP contribution is -2.23. The van der Waals surface area contributed by atoms with E-state index in [-0.39, 0.29) is 0 Å². The third-order valence-corrected chi connectivity index (χ3v) is 3.80. The molecule has 3 rings (SSSR count). The second-order valence-electron chi connectivity index (χ2n) is 5.80. The van der Waals surface area contributed by atoms with Gasteiger partial charge in [-0.1, -0.05) is 35.4 Å². The summed E-state index contributed by atoms with van der Waals surface area (Å²) in [5.74, 6) is 0. The van der Waals surface area contributed by atoms with Gasteiger partial charge < -0.3 is 4.57 Å². The van der Waals surface area contributed by atoms with Crippen LogP contribution in [0.1, 0.15) is 16.8 Å². The van der Waals surface area contributed by atoms with Crippen LogP contribution in [0.25, 0.3) is 5.69 Å².